The molecule has 28 heavy (non-hydrogen) atoms. The number of aromatic carboxylic acids is 1. The predicted octanol–water partition coefficient (Wildman–Crippen LogP) is 1.51. The van der Waals surface area contributed by atoms with E-state index in [4.69, 9.17) is 26.4 Å². The number of hydrogen-bond acceptors (Lipinski definition) is 7. The molecule has 0 aliphatic carbocycles. The highest BCUT2D eigenvalue weighted by Gasteiger charge is 2.18. The van der Waals surface area contributed by atoms with Gasteiger partial charge in [0.15, 0.2) is 16.6 Å². The zero-order chi connectivity index (χ0) is 20.8. The highest BCUT2D eigenvalue weighted by atomic mass is 32.1. The van der Waals surface area contributed by atoms with Crippen molar-refractivity contribution in [3.63, 3.8) is 0 Å². The van der Waals surface area contributed by atoms with Gasteiger partial charge < -0.3 is 29.4 Å². The summed E-state index contributed by atoms with van der Waals surface area (Å²) in [5, 5.41) is 16.3. The number of carbonyl (C=O) groups excluding carboxylic acids is 2. The number of carboxylic acids is 1. The molecule has 0 atom stereocenters. The molecular formula is C19H19N2O6S-. The van der Waals surface area contributed by atoms with E-state index in [-0.39, 0.29) is 16.2 Å². The van der Waals surface area contributed by atoms with Crippen LogP contribution >= 0.6 is 12.2 Å². The van der Waals surface area contributed by atoms with Gasteiger partial charge in [-0.25, -0.2) is 0 Å². The monoisotopic (exact) mass is 403 g/mol. The number of carbonyl (C=O) groups is 2. The summed E-state index contributed by atoms with van der Waals surface area (Å²) >= 11 is 5.16. The Kier molecular flexibility index (Phi) is 6.78. The molecule has 2 rings (SSSR count). The van der Waals surface area contributed by atoms with Gasteiger partial charge in [0.1, 0.15) is 0 Å². The molecule has 0 fully saturated rings. The first-order valence-corrected chi connectivity index (χ1v) is 8.45. The molecule has 0 spiro atoms. The Balaban J connectivity index is 2.20. The molecular weight excluding hydrogens is 384 g/mol. The van der Waals surface area contributed by atoms with Crippen molar-refractivity contribution in [3.8, 4) is 17.2 Å². The van der Waals surface area contributed by atoms with E-state index in [9.17, 15) is 14.7 Å². The lowest BCUT2D eigenvalue weighted by atomic mass is 10.1. The second kappa shape index (κ2) is 9.05. The largest absolute Gasteiger partial charge is 0.545 e. The van der Waals surface area contributed by atoms with Crippen LogP contribution < -0.4 is 30.0 Å². The van der Waals surface area contributed by atoms with Gasteiger partial charge in [-0.05, 0) is 48.5 Å². The molecule has 0 heterocycles. The van der Waals surface area contributed by atoms with Crippen LogP contribution in [0.25, 0.3) is 0 Å². The smallest absolute Gasteiger partial charge is 0.257 e. The fourth-order valence-electron chi connectivity index (χ4n) is 2.42. The zero-order valence-corrected chi connectivity index (χ0v) is 16.6. The Hall–Kier alpha value is -3.33. The molecule has 0 saturated heterocycles. The number of carboxylic acid groups (broad SMARTS) is 1. The van der Waals surface area contributed by atoms with E-state index in [0.717, 1.165) is 5.56 Å². The van der Waals surface area contributed by atoms with E-state index in [1.54, 1.807) is 13.0 Å². The van der Waals surface area contributed by atoms with E-state index in [1.807, 2.05) is 0 Å². The highest BCUT2D eigenvalue weighted by Crippen LogP contribution is 2.38. The average molecular weight is 403 g/mol. The molecule has 0 bridgehead atoms. The Labute approximate surface area is 167 Å². The average Bonchev–Trinajstić information content (AvgIpc) is 2.67. The molecule has 0 radical (unpaired) electrons. The quantitative estimate of drug-likeness (QED) is 0.699. The Bertz CT molecular complexity index is 904. The maximum absolute atomic E-state index is 12.5. The van der Waals surface area contributed by atoms with Gasteiger partial charge >= 0.3 is 0 Å². The summed E-state index contributed by atoms with van der Waals surface area (Å²) in [6.07, 6.45) is 0. The van der Waals surface area contributed by atoms with Gasteiger partial charge in [-0.15, -0.1) is 0 Å². The van der Waals surface area contributed by atoms with Crippen LogP contribution in [0.3, 0.4) is 0 Å². The number of rotatable bonds is 6. The van der Waals surface area contributed by atoms with Gasteiger partial charge in [0, 0.05) is 11.3 Å². The molecule has 0 aromatic heterocycles. The van der Waals surface area contributed by atoms with Crippen LogP contribution in [0.5, 0.6) is 17.2 Å². The number of amides is 1. The van der Waals surface area contributed by atoms with Crippen molar-refractivity contribution >= 4 is 34.9 Å². The number of methoxy groups -OCH3 is 3. The van der Waals surface area contributed by atoms with Gasteiger partial charge in [-0.2, -0.15) is 0 Å². The third kappa shape index (κ3) is 4.68. The van der Waals surface area contributed by atoms with Crippen LogP contribution in [-0.2, 0) is 0 Å². The van der Waals surface area contributed by atoms with E-state index in [0.29, 0.717) is 22.9 Å². The van der Waals surface area contributed by atoms with Crippen molar-refractivity contribution in [2.24, 2.45) is 0 Å². The maximum Gasteiger partial charge on any atom is 0.257 e. The third-order valence-electron chi connectivity index (χ3n) is 3.88. The second-order valence-corrected chi connectivity index (χ2v) is 6.05. The van der Waals surface area contributed by atoms with Gasteiger partial charge in [-0.1, -0.05) is 12.1 Å². The van der Waals surface area contributed by atoms with Crippen LogP contribution in [0.1, 0.15) is 26.3 Å². The zero-order valence-electron chi connectivity index (χ0n) is 15.7. The van der Waals surface area contributed by atoms with Crippen molar-refractivity contribution in [3.05, 3.63) is 47.0 Å². The molecule has 2 N–H and O–H groups in total. The SMILES string of the molecule is COc1cc(C(=O)NC(=S)Nc2cc(C(=O)[O-])ccc2C)cc(OC)c1OC. The lowest BCUT2D eigenvalue weighted by molar-refractivity contribution is -0.255. The molecule has 0 aliphatic rings. The summed E-state index contributed by atoms with van der Waals surface area (Å²) in [5.41, 5.74) is 1.41. The van der Waals surface area contributed by atoms with Crippen LogP contribution in [-0.4, -0.2) is 38.3 Å². The number of benzene rings is 2. The molecule has 2 aromatic rings. The van der Waals surface area contributed by atoms with Crippen molar-refractivity contribution < 1.29 is 28.9 Å². The fourth-order valence-corrected chi connectivity index (χ4v) is 2.63. The third-order valence-corrected chi connectivity index (χ3v) is 4.08. The first kappa shape index (κ1) is 21.0. The number of thiocarbonyl (C=S) groups is 1. The lowest BCUT2D eigenvalue weighted by Gasteiger charge is -2.15. The number of aryl methyl sites for hydroxylation is 1. The number of ether oxygens (including phenoxy) is 3. The van der Waals surface area contributed by atoms with E-state index in [2.05, 4.69) is 10.6 Å². The number of hydrogen-bond donors (Lipinski definition) is 2. The Morgan fingerprint density at radius 3 is 2.07 bits per heavy atom. The first-order valence-electron chi connectivity index (χ1n) is 8.05. The number of nitrogens with one attached hydrogen (secondary N) is 2. The van der Waals surface area contributed by atoms with Crippen LogP contribution in [0.4, 0.5) is 5.69 Å². The summed E-state index contributed by atoms with van der Waals surface area (Å²) < 4.78 is 15.7. The minimum Gasteiger partial charge on any atom is -0.545 e. The summed E-state index contributed by atoms with van der Waals surface area (Å²) in [6, 6.07) is 7.38. The van der Waals surface area contributed by atoms with Crippen molar-refractivity contribution in [2.45, 2.75) is 6.92 Å². The Morgan fingerprint density at radius 2 is 1.57 bits per heavy atom. The molecule has 1 amide bonds. The normalized spacial score (nSPS) is 10.0. The molecule has 0 unspecified atom stereocenters. The van der Waals surface area contributed by atoms with E-state index >= 15 is 0 Å². The molecule has 0 saturated carbocycles. The molecule has 8 nitrogen and oxygen atoms in total. The summed E-state index contributed by atoms with van der Waals surface area (Å²) in [4.78, 5) is 23.6. The van der Waals surface area contributed by atoms with Crippen LogP contribution in [0.15, 0.2) is 30.3 Å². The summed E-state index contributed by atoms with van der Waals surface area (Å²) in [5.74, 6) is -0.815. The Morgan fingerprint density at radius 1 is 0.964 bits per heavy atom. The molecule has 148 valence electrons. The minimum atomic E-state index is -1.31. The lowest BCUT2D eigenvalue weighted by Crippen LogP contribution is -2.34. The second-order valence-electron chi connectivity index (χ2n) is 5.64. The first-order chi connectivity index (χ1) is 13.3. The van der Waals surface area contributed by atoms with Crippen LogP contribution in [0.2, 0.25) is 0 Å². The highest BCUT2D eigenvalue weighted by molar-refractivity contribution is 7.80. The minimum absolute atomic E-state index is 0.00245. The van der Waals surface area contributed by atoms with Gasteiger partial charge in [-0.3, -0.25) is 10.1 Å². The van der Waals surface area contributed by atoms with Crippen molar-refractivity contribution in [2.75, 3.05) is 26.6 Å². The van der Waals surface area contributed by atoms with Gasteiger partial charge in [0.2, 0.25) is 5.75 Å². The van der Waals surface area contributed by atoms with Crippen LogP contribution in [0, 0.1) is 6.92 Å². The van der Waals surface area contributed by atoms with E-state index in [1.165, 1.54) is 45.6 Å². The molecule has 9 heteroatoms. The topological polar surface area (TPSA) is 109 Å². The number of anilines is 1. The summed E-state index contributed by atoms with van der Waals surface area (Å²) in [6.45, 7) is 1.77. The van der Waals surface area contributed by atoms with E-state index < -0.39 is 11.9 Å². The predicted molar refractivity (Wildman–Crippen MR) is 105 cm³/mol. The van der Waals surface area contributed by atoms with Gasteiger partial charge in [0.25, 0.3) is 5.91 Å². The molecule has 0 aliphatic heterocycles. The maximum atomic E-state index is 12.5. The molecule has 2 aromatic carbocycles. The van der Waals surface area contributed by atoms with Gasteiger partial charge in [0.05, 0.1) is 27.3 Å². The standard InChI is InChI=1S/C19H20N2O6S/c1-10-5-6-11(18(23)24)7-13(10)20-19(28)21-17(22)12-8-14(25-2)16(27-4)15(9-12)26-3/h5-9H,1-4H3,(H,23,24)(H2,20,21,22,28)/p-1. The van der Waals surface area contributed by atoms with Crippen molar-refractivity contribution in [1.82, 2.24) is 5.32 Å². The van der Waals surface area contributed by atoms with Crippen molar-refractivity contribution in [1.29, 1.82) is 0 Å². The fraction of sp³-hybridized carbons (Fsp3) is 0.211. The summed E-state index contributed by atoms with van der Waals surface area (Å²) in [7, 11) is 4.35.